The van der Waals surface area contributed by atoms with Crippen LogP contribution in [-0.2, 0) is 0 Å². The lowest BCUT2D eigenvalue weighted by atomic mass is 10.2. The molecule has 1 rings (SSSR count). The summed E-state index contributed by atoms with van der Waals surface area (Å²) in [6, 6.07) is 5.20. The van der Waals surface area contributed by atoms with Crippen molar-refractivity contribution in [3.63, 3.8) is 0 Å². The van der Waals surface area contributed by atoms with E-state index in [1.807, 2.05) is 0 Å². The van der Waals surface area contributed by atoms with Gasteiger partial charge in [-0.15, -0.1) is 0 Å². The highest BCUT2D eigenvalue weighted by Crippen LogP contribution is 2.23. The van der Waals surface area contributed by atoms with E-state index in [2.05, 4.69) is 13.8 Å². The molecule has 0 atom stereocenters. The number of rotatable bonds is 5. The fraction of sp³-hybridized carbons (Fsp3) is 0.417. The van der Waals surface area contributed by atoms with Crippen molar-refractivity contribution in [1.29, 1.82) is 0 Å². The van der Waals surface area contributed by atoms with E-state index < -0.39 is 0 Å². The van der Waals surface area contributed by atoms with Crippen LogP contribution in [0.5, 0.6) is 11.5 Å². The zero-order valence-electron chi connectivity index (χ0n) is 9.32. The van der Waals surface area contributed by atoms with Crippen molar-refractivity contribution >= 4 is 6.29 Å². The fourth-order valence-electron chi connectivity index (χ4n) is 1.14. The topological polar surface area (TPSA) is 35.5 Å². The lowest BCUT2D eigenvalue weighted by molar-refractivity contribution is 0.112. The van der Waals surface area contributed by atoms with Gasteiger partial charge in [0.25, 0.3) is 0 Å². The summed E-state index contributed by atoms with van der Waals surface area (Å²) < 4.78 is 10.6. The van der Waals surface area contributed by atoms with Crippen molar-refractivity contribution < 1.29 is 14.3 Å². The maximum Gasteiger partial charge on any atom is 0.153 e. The standard InChI is InChI=1S/C12H16O3/c1-9(2)8-15-11-5-4-10(7-13)12(6-11)14-3/h4-7,9H,8H2,1-3H3. The van der Waals surface area contributed by atoms with E-state index in [1.165, 1.54) is 7.11 Å². The van der Waals surface area contributed by atoms with Gasteiger partial charge >= 0.3 is 0 Å². The van der Waals surface area contributed by atoms with Gasteiger partial charge in [-0.2, -0.15) is 0 Å². The molecule has 0 amide bonds. The highest BCUT2D eigenvalue weighted by Gasteiger charge is 2.04. The molecule has 0 radical (unpaired) electrons. The number of carbonyl (C=O) groups is 1. The zero-order valence-corrected chi connectivity index (χ0v) is 9.32. The first-order valence-electron chi connectivity index (χ1n) is 4.93. The van der Waals surface area contributed by atoms with Gasteiger partial charge in [0.1, 0.15) is 11.5 Å². The minimum atomic E-state index is 0.474. The first-order valence-corrected chi connectivity index (χ1v) is 4.93. The number of benzene rings is 1. The molecule has 15 heavy (non-hydrogen) atoms. The summed E-state index contributed by atoms with van der Waals surface area (Å²) in [5.74, 6) is 1.75. The Balaban J connectivity index is 2.79. The number of hydrogen-bond acceptors (Lipinski definition) is 3. The quantitative estimate of drug-likeness (QED) is 0.697. The van der Waals surface area contributed by atoms with E-state index in [1.54, 1.807) is 18.2 Å². The van der Waals surface area contributed by atoms with Crippen LogP contribution in [0.3, 0.4) is 0 Å². The van der Waals surface area contributed by atoms with Crippen molar-refractivity contribution in [3.05, 3.63) is 23.8 Å². The summed E-state index contributed by atoms with van der Waals surface area (Å²) in [6.45, 7) is 4.82. The Kier molecular flexibility index (Phi) is 4.16. The van der Waals surface area contributed by atoms with Crippen molar-refractivity contribution in [2.45, 2.75) is 13.8 Å². The average Bonchev–Trinajstić information content (AvgIpc) is 2.25. The molecule has 0 aromatic heterocycles. The highest BCUT2D eigenvalue weighted by molar-refractivity contribution is 5.79. The molecule has 0 aliphatic carbocycles. The maximum atomic E-state index is 10.6. The Morgan fingerprint density at radius 1 is 1.40 bits per heavy atom. The Hall–Kier alpha value is -1.51. The van der Waals surface area contributed by atoms with Gasteiger partial charge in [0.05, 0.1) is 19.3 Å². The molecule has 0 heterocycles. The average molecular weight is 208 g/mol. The van der Waals surface area contributed by atoms with Gasteiger partial charge in [-0.05, 0) is 18.1 Å². The van der Waals surface area contributed by atoms with Crippen molar-refractivity contribution in [3.8, 4) is 11.5 Å². The van der Waals surface area contributed by atoms with Crippen LogP contribution in [-0.4, -0.2) is 20.0 Å². The Labute approximate surface area is 90.0 Å². The van der Waals surface area contributed by atoms with Crippen LogP contribution in [0.25, 0.3) is 0 Å². The second-order valence-electron chi connectivity index (χ2n) is 3.73. The first-order chi connectivity index (χ1) is 7.17. The smallest absolute Gasteiger partial charge is 0.153 e. The molecule has 0 bridgehead atoms. The number of ether oxygens (including phenoxy) is 2. The second kappa shape index (κ2) is 5.39. The predicted molar refractivity (Wildman–Crippen MR) is 58.7 cm³/mol. The molecule has 82 valence electrons. The van der Waals surface area contributed by atoms with Crippen LogP contribution in [0.15, 0.2) is 18.2 Å². The third kappa shape index (κ3) is 3.27. The van der Waals surface area contributed by atoms with Crippen molar-refractivity contribution in [2.75, 3.05) is 13.7 Å². The zero-order chi connectivity index (χ0) is 11.3. The minimum absolute atomic E-state index is 0.474. The normalized spacial score (nSPS) is 10.1. The first kappa shape index (κ1) is 11.6. The van der Waals surface area contributed by atoms with E-state index in [0.29, 0.717) is 23.8 Å². The minimum Gasteiger partial charge on any atom is -0.496 e. The Bertz CT molecular complexity index is 332. The van der Waals surface area contributed by atoms with Gasteiger partial charge in [-0.25, -0.2) is 0 Å². The second-order valence-corrected chi connectivity index (χ2v) is 3.73. The number of hydrogen-bond donors (Lipinski definition) is 0. The van der Waals surface area contributed by atoms with Crippen LogP contribution < -0.4 is 9.47 Å². The predicted octanol–water partition coefficient (Wildman–Crippen LogP) is 2.54. The lowest BCUT2D eigenvalue weighted by Crippen LogP contribution is -2.04. The van der Waals surface area contributed by atoms with Crippen LogP contribution >= 0.6 is 0 Å². The van der Waals surface area contributed by atoms with E-state index in [0.717, 1.165) is 12.0 Å². The van der Waals surface area contributed by atoms with Gasteiger partial charge < -0.3 is 9.47 Å². The molecule has 0 fully saturated rings. The molecule has 0 aliphatic rings. The molecular weight excluding hydrogens is 192 g/mol. The van der Waals surface area contributed by atoms with Crippen LogP contribution in [0.4, 0.5) is 0 Å². The summed E-state index contributed by atoms with van der Waals surface area (Å²) in [6.07, 6.45) is 0.769. The van der Waals surface area contributed by atoms with E-state index in [-0.39, 0.29) is 0 Å². The Morgan fingerprint density at radius 3 is 2.67 bits per heavy atom. The van der Waals surface area contributed by atoms with Gasteiger partial charge in [0.2, 0.25) is 0 Å². The van der Waals surface area contributed by atoms with Gasteiger partial charge in [-0.1, -0.05) is 13.8 Å². The summed E-state index contributed by atoms with van der Waals surface area (Å²) >= 11 is 0. The molecule has 3 heteroatoms. The third-order valence-electron chi connectivity index (χ3n) is 1.92. The van der Waals surface area contributed by atoms with Crippen LogP contribution in [0.2, 0.25) is 0 Å². The molecule has 0 saturated carbocycles. The van der Waals surface area contributed by atoms with Crippen molar-refractivity contribution in [2.24, 2.45) is 5.92 Å². The van der Waals surface area contributed by atoms with Gasteiger partial charge in [-0.3, -0.25) is 4.79 Å². The third-order valence-corrected chi connectivity index (χ3v) is 1.92. The van der Waals surface area contributed by atoms with Gasteiger partial charge in [0, 0.05) is 6.07 Å². The maximum absolute atomic E-state index is 10.6. The molecular formula is C12H16O3. The van der Waals surface area contributed by atoms with Gasteiger partial charge in [0.15, 0.2) is 6.29 Å². The van der Waals surface area contributed by atoms with Crippen LogP contribution in [0, 0.1) is 5.92 Å². The highest BCUT2D eigenvalue weighted by atomic mass is 16.5. The molecule has 0 saturated heterocycles. The van der Waals surface area contributed by atoms with Crippen LogP contribution in [0.1, 0.15) is 24.2 Å². The number of aldehydes is 1. The molecule has 0 unspecified atom stereocenters. The SMILES string of the molecule is COc1cc(OCC(C)C)ccc1C=O. The largest absolute Gasteiger partial charge is 0.496 e. The molecule has 1 aromatic rings. The fourth-order valence-corrected chi connectivity index (χ4v) is 1.14. The Morgan fingerprint density at radius 2 is 2.13 bits per heavy atom. The lowest BCUT2D eigenvalue weighted by Gasteiger charge is -2.10. The monoisotopic (exact) mass is 208 g/mol. The molecule has 3 nitrogen and oxygen atoms in total. The number of carbonyl (C=O) groups excluding carboxylic acids is 1. The molecule has 0 N–H and O–H groups in total. The van der Waals surface area contributed by atoms with E-state index in [9.17, 15) is 4.79 Å². The van der Waals surface area contributed by atoms with E-state index in [4.69, 9.17) is 9.47 Å². The van der Waals surface area contributed by atoms with E-state index >= 15 is 0 Å². The summed E-state index contributed by atoms with van der Waals surface area (Å²) in [5.41, 5.74) is 0.536. The molecule has 0 aliphatic heterocycles. The summed E-state index contributed by atoms with van der Waals surface area (Å²) in [5, 5.41) is 0. The van der Waals surface area contributed by atoms with Crippen molar-refractivity contribution in [1.82, 2.24) is 0 Å². The number of methoxy groups -OCH3 is 1. The molecule has 1 aromatic carbocycles. The summed E-state index contributed by atoms with van der Waals surface area (Å²) in [4.78, 5) is 10.6. The molecule has 0 spiro atoms. The summed E-state index contributed by atoms with van der Waals surface area (Å²) in [7, 11) is 1.54.